The molecular formula is C24H29N3O5S. The number of nitrogens with one attached hydrogen (secondary N) is 1. The molecule has 8 nitrogen and oxygen atoms in total. The number of anilines is 1. The van der Waals surface area contributed by atoms with E-state index in [9.17, 15) is 18.0 Å². The molecule has 2 unspecified atom stereocenters. The number of carbonyl (C=O) groups excluding carboxylic acids is 2. The van der Waals surface area contributed by atoms with E-state index in [4.69, 9.17) is 4.74 Å². The molecule has 1 saturated heterocycles. The second-order valence-corrected chi connectivity index (χ2v) is 10.4. The zero-order valence-electron chi connectivity index (χ0n) is 19.1. The maximum atomic E-state index is 13.5. The second-order valence-electron chi connectivity index (χ2n) is 8.54. The SMILES string of the molecule is COc1ccccc1CNC(=O)C1CCCN1S(=O)(=O)c1ccc2c(c1)CC(C)N2C(C)=O. The number of carbonyl (C=O) groups is 2. The standard InChI is InChI=1S/C24H29N3O5S/c1-16-13-19-14-20(10-11-21(19)27(16)17(2)28)33(30,31)26-12-6-8-22(26)24(29)25-15-18-7-4-5-9-23(18)32-3/h4-5,7,9-11,14,16,22H,6,8,12-13,15H2,1-3H3,(H,25,29). The molecule has 2 aromatic rings. The van der Waals surface area contributed by atoms with E-state index in [1.807, 2.05) is 31.2 Å². The minimum atomic E-state index is -3.86. The van der Waals surface area contributed by atoms with Crippen molar-refractivity contribution in [3.05, 3.63) is 53.6 Å². The highest BCUT2D eigenvalue weighted by atomic mass is 32.2. The lowest BCUT2D eigenvalue weighted by Gasteiger charge is -2.24. The Labute approximate surface area is 194 Å². The average molecular weight is 472 g/mol. The van der Waals surface area contributed by atoms with Gasteiger partial charge in [0.2, 0.25) is 21.8 Å². The van der Waals surface area contributed by atoms with E-state index in [0.29, 0.717) is 31.6 Å². The number of hydrogen-bond donors (Lipinski definition) is 1. The number of methoxy groups -OCH3 is 1. The van der Waals surface area contributed by atoms with Crippen molar-refractivity contribution < 1.29 is 22.7 Å². The van der Waals surface area contributed by atoms with Crippen LogP contribution < -0.4 is 15.0 Å². The molecule has 0 radical (unpaired) electrons. The van der Waals surface area contributed by atoms with Crippen LogP contribution in [0, 0.1) is 0 Å². The van der Waals surface area contributed by atoms with Gasteiger partial charge in [-0.15, -0.1) is 0 Å². The number of ether oxygens (including phenoxy) is 1. The third kappa shape index (κ3) is 4.35. The summed E-state index contributed by atoms with van der Waals surface area (Å²) in [6.45, 7) is 4.00. The average Bonchev–Trinajstić information content (AvgIpc) is 3.41. The van der Waals surface area contributed by atoms with Gasteiger partial charge in [-0.2, -0.15) is 4.31 Å². The van der Waals surface area contributed by atoms with Gasteiger partial charge in [0.15, 0.2) is 0 Å². The number of nitrogens with zero attached hydrogens (tertiary/aromatic N) is 2. The number of fused-ring (bicyclic) bond motifs is 1. The highest BCUT2D eigenvalue weighted by Gasteiger charge is 2.40. The van der Waals surface area contributed by atoms with Crippen molar-refractivity contribution in [3.8, 4) is 5.75 Å². The Morgan fingerprint density at radius 3 is 2.67 bits per heavy atom. The summed E-state index contributed by atoms with van der Waals surface area (Å²) in [6.07, 6.45) is 1.68. The molecule has 176 valence electrons. The van der Waals surface area contributed by atoms with Gasteiger partial charge in [0.25, 0.3) is 0 Å². The molecule has 2 atom stereocenters. The summed E-state index contributed by atoms with van der Waals surface area (Å²) in [5, 5.41) is 2.87. The van der Waals surface area contributed by atoms with Crippen molar-refractivity contribution in [2.75, 3.05) is 18.6 Å². The Hall–Kier alpha value is -2.91. The van der Waals surface area contributed by atoms with E-state index in [2.05, 4.69) is 5.32 Å². The Balaban J connectivity index is 1.52. The fourth-order valence-corrected chi connectivity index (χ4v) is 6.53. The summed E-state index contributed by atoms with van der Waals surface area (Å²) in [7, 11) is -2.29. The molecule has 0 saturated carbocycles. The van der Waals surface area contributed by atoms with Crippen molar-refractivity contribution in [2.24, 2.45) is 0 Å². The minimum Gasteiger partial charge on any atom is -0.496 e. The Morgan fingerprint density at radius 2 is 1.94 bits per heavy atom. The van der Waals surface area contributed by atoms with Crippen LogP contribution in [0.1, 0.15) is 37.8 Å². The van der Waals surface area contributed by atoms with Crippen LogP contribution in [-0.2, 0) is 32.6 Å². The van der Waals surface area contributed by atoms with Gasteiger partial charge in [-0.25, -0.2) is 8.42 Å². The van der Waals surface area contributed by atoms with Crippen LogP contribution in [0.3, 0.4) is 0 Å². The predicted octanol–water partition coefficient (Wildman–Crippen LogP) is 2.46. The molecule has 2 aliphatic rings. The normalized spacial score (nSPS) is 20.5. The van der Waals surface area contributed by atoms with Crippen molar-refractivity contribution in [2.45, 2.75) is 56.6 Å². The molecule has 9 heteroatoms. The molecule has 1 fully saturated rings. The van der Waals surface area contributed by atoms with Crippen LogP contribution in [-0.4, -0.2) is 50.3 Å². The fourth-order valence-electron chi connectivity index (χ4n) is 4.82. The van der Waals surface area contributed by atoms with Crippen LogP contribution in [0.25, 0.3) is 0 Å². The molecule has 4 rings (SSSR count). The third-order valence-corrected chi connectivity index (χ3v) is 8.27. The fraction of sp³-hybridized carbons (Fsp3) is 0.417. The molecule has 0 aromatic heterocycles. The number of sulfonamides is 1. The van der Waals surface area contributed by atoms with Crippen molar-refractivity contribution in [1.29, 1.82) is 0 Å². The van der Waals surface area contributed by atoms with E-state index in [1.165, 1.54) is 17.3 Å². The van der Waals surface area contributed by atoms with Gasteiger partial charge < -0.3 is 15.0 Å². The summed E-state index contributed by atoms with van der Waals surface area (Å²) >= 11 is 0. The zero-order valence-corrected chi connectivity index (χ0v) is 19.9. The lowest BCUT2D eigenvalue weighted by molar-refractivity contribution is -0.124. The Morgan fingerprint density at radius 1 is 1.18 bits per heavy atom. The maximum Gasteiger partial charge on any atom is 0.243 e. The van der Waals surface area contributed by atoms with E-state index in [0.717, 1.165) is 16.8 Å². The quantitative estimate of drug-likeness (QED) is 0.698. The molecule has 2 aliphatic heterocycles. The first-order chi connectivity index (χ1) is 15.7. The van der Waals surface area contributed by atoms with Crippen molar-refractivity contribution >= 4 is 27.5 Å². The number of benzene rings is 2. The van der Waals surface area contributed by atoms with E-state index < -0.39 is 16.1 Å². The van der Waals surface area contributed by atoms with Crippen molar-refractivity contribution in [3.63, 3.8) is 0 Å². The lowest BCUT2D eigenvalue weighted by Crippen LogP contribution is -2.45. The summed E-state index contributed by atoms with van der Waals surface area (Å²) in [4.78, 5) is 26.8. The summed E-state index contributed by atoms with van der Waals surface area (Å²) in [5.41, 5.74) is 2.40. The van der Waals surface area contributed by atoms with Crippen molar-refractivity contribution in [1.82, 2.24) is 9.62 Å². The van der Waals surface area contributed by atoms with Crippen LogP contribution in [0.2, 0.25) is 0 Å². The van der Waals surface area contributed by atoms with Gasteiger partial charge in [-0.3, -0.25) is 9.59 Å². The van der Waals surface area contributed by atoms with Crippen LogP contribution in [0.4, 0.5) is 5.69 Å². The first-order valence-corrected chi connectivity index (χ1v) is 12.5. The molecular weight excluding hydrogens is 442 g/mol. The highest BCUT2D eigenvalue weighted by molar-refractivity contribution is 7.89. The van der Waals surface area contributed by atoms with Gasteiger partial charge in [-0.1, -0.05) is 18.2 Å². The van der Waals surface area contributed by atoms with E-state index >= 15 is 0 Å². The highest BCUT2D eigenvalue weighted by Crippen LogP contribution is 2.35. The molecule has 0 aliphatic carbocycles. The predicted molar refractivity (Wildman–Crippen MR) is 125 cm³/mol. The first kappa shape index (κ1) is 23.3. The smallest absolute Gasteiger partial charge is 0.243 e. The monoisotopic (exact) mass is 471 g/mol. The zero-order chi connectivity index (χ0) is 23.8. The van der Waals surface area contributed by atoms with Gasteiger partial charge in [0.05, 0.1) is 12.0 Å². The van der Waals surface area contributed by atoms with Crippen LogP contribution in [0.5, 0.6) is 5.75 Å². The molecule has 33 heavy (non-hydrogen) atoms. The first-order valence-electron chi connectivity index (χ1n) is 11.1. The number of amides is 2. The van der Waals surface area contributed by atoms with Gasteiger partial charge >= 0.3 is 0 Å². The molecule has 2 heterocycles. The van der Waals surface area contributed by atoms with Gasteiger partial charge in [0.1, 0.15) is 11.8 Å². The summed E-state index contributed by atoms with van der Waals surface area (Å²) in [5.74, 6) is 0.281. The largest absolute Gasteiger partial charge is 0.496 e. The van der Waals surface area contributed by atoms with Crippen LogP contribution >= 0.6 is 0 Å². The van der Waals surface area contributed by atoms with E-state index in [-0.39, 0.29) is 29.3 Å². The lowest BCUT2D eigenvalue weighted by atomic mass is 10.1. The minimum absolute atomic E-state index is 0.0178. The number of para-hydroxylation sites is 1. The molecule has 0 bridgehead atoms. The van der Waals surface area contributed by atoms with Crippen LogP contribution in [0.15, 0.2) is 47.4 Å². The molecule has 2 aromatic carbocycles. The maximum absolute atomic E-state index is 13.5. The molecule has 0 spiro atoms. The summed E-state index contributed by atoms with van der Waals surface area (Å²) in [6, 6.07) is 11.5. The third-order valence-electron chi connectivity index (χ3n) is 6.36. The topological polar surface area (TPSA) is 96.0 Å². The molecule has 2 amide bonds. The summed E-state index contributed by atoms with van der Waals surface area (Å²) < 4.78 is 33.6. The number of hydrogen-bond acceptors (Lipinski definition) is 5. The number of rotatable bonds is 6. The second kappa shape index (κ2) is 9.15. The Bertz CT molecular complexity index is 1180. The Kier molecular flexibility index (Phi) is 6.45. The van der Waals surface area contributed by atoms with E-state index in [1.54, 1.807) is 24.1 Å². The van der Waals surface area contributed by atoms with Gasteiger partial charge in [0, 0.05) is 37.3 Å². The van der Waals surface area contributed by atoms with Gasteiger partial charge in [-0.05, 0) is 56.0 Å². The molecule has 1 N–H and O–H groups in total.